The van der Waals surface area contributed by atoms with Crippen LogP contribution in [0, 0.1) is 0 Å². The van der Waals surface area contributed by atoms with Gasteiger partial charge >= 0.3 is 0 Å². The Bertz CT molecular complexity index is 310. The highest BCUT2D eigenvalue weighted by atomic mass is 31.0. The zero-order valence-electron chi connectivity index (χ0n) is 8.32. The lowest BCUT2D eigenvalue weighted by Crippen LogP contribution is -2.03. The first-order valence-electron chi connectivity index (χ1n) is 4.54. The summed E-state index contributed by atoms with van der Waals surface area (Å²) in [4.78, 5) is 11.2. The zero-order chi connectivity index (χ0) is 10.4. The number of ketones is 1. The largest absolute Gasteiger partial charge is 0.380 e. The molecular weight excluding hydrogens is 195 g/mol. The van der Waals surface area contributed by atoms with Gasteiger partial charge in [0.1, 0.15) is 5.78 Å². The Hall–Kier alpha value is -0.720. The normalized spacial score (nSPS) is 10.1. The van der Waals surface area contributed by atoms with Gasteiger partial charge in [0.25, 0.3) is 0 Å². The first-order valence-corrected chi connectivity index (χ1v) is 5.36. The minimum Gasteiger partial charge on any atom is -0.380 e. The maximum absolute atomic E-state index is 11.2. The molecule has 0 saturated carbocycles. The molecule has 0 N–H and O–H groups in total. The van der Waals surface area contributed by atoms with E-state index in [1.165, 1.54) is 0 Å². The van der Waals surface area contributed by atoms with Crippen LogP contribution in [0.1, 0.15) is 11.1 Å². The highest BCUT2D eigenvalue weighted by Crippen LogP contribution is 2.07. The van der Waals surface area contributed by atoms with Gasteiger partial charge in [-0.15, -0.1) is 9.24 Å². The summed E-state index contributed by atoms with van der Waals surface area (Å²) in [6, 6.07) is 7.94. The van der Waals surface area contributed by atoms with E-state index in [2.05, 4.69) is 9.24 Å². The van der Waals surface area contributed by atoms with E-state index in [1.54, 1.807) is 7.11 Å². The van der Waals surface area contributed by atoms with Gasteiger partial charge in [-0.3, -0.25) is 4.79 Å². The molecule has 14 heavy (non-hydrogen) atoms. The number of methoxy groups -OCH3 is 1. The first kappa shape index (κ1) is 11.4. The van der Waals surface area contributed by atoms with Crippen molar-refractivity contribution in [1.29, 1.82) is 0 Å². The Morgan fingerprint density at radius 2 is 2.14 bits per heavy atom. The monoisotopic (exact) mass is 210 g/mol. The van der Waals surface area contributed by atoms with Crippen LogP contribution in [0.4, 0.5) is 0 Å². The van der Waals surface area contributed by atoms with Crippen molar-refractivity contribution in [2.24, 2.45) is 0 Å². The lowest BCUT2D eigenvalue weighted by Gasteiger charge is -2.03. The second kappa shape index (κ2) is 5.90. The third-order valence-corrected chi connectivity index (χ3v) is 2.39. The molecule has 0 aliphatic rings. The summed E-state index contributed by atoms with van der Waals surface area (Å²) in [5, 5.41) is 0. The van der Waals surface area contributed by atoms with Crippen molar-refractivity contribution in [3.05, 3.63) is 35.4 Å². The van der Waals surface area contributed by atoms with Crippen LogP contribution in [-0.4, -0.2) is 19.1 Å². The topological polar surface area (TPSA) is 26.3 Å². The highest BCUT2D eigenvalue weighted by Gasteiger charge is 2.01. The van der Waals surface area contributed by atoms with Crippen molar-refractivity contribution < 1.29 is 9.53 Å². The van der Waals surface area contributed by atoms with Crippen LogP contribution in [0.3, 0.4) is 0 Å². The van der Waals surface area contributed by atoms with Crippen molar-refractivity contribution in [1.82, 2.24) is 0 Å². The van der Waals surface area contributed by atoms with E-state index < -0.39 is 0 Å². The summed E-state index contributed by atoms with van der Waals surface area (Å²) >= 11 is 0. The van der Waals surface area contributed by atoms with Crippen molar-refractivity contribution in [2.45, 2.75) is 13.0 Å². The Balaban J connectivity index is 2.68. The molecular formula is C11H15O2P. The second-order valence-electron chi connectivity index (χ2n) is 3.17. The molecule has 76 valence electrons. The van der Waals surface area contributed by atoms with E-state index in [9.17, 15) is 4.79 Å². The van der Waals surface area contributed by atoms with Gasteiger partial charge in [-0.1, -0.05) is 24.3 Å². The molecule has 3 heteroatoms. The standard InChI is InChI=1S/C11H15O2P/c1-13-7-10-4-2-3-9(5-10)6-11(12)8-14/h2-5H,6-8,14H2,1H3. The molecule has 0 heterocycles. The maximum Gasteiger partial charge on any atom is 0.141 e. The fraction of sp³-hybridized carbons (Fsp3) is 0.364. The van der Waals surface area contributed by atoms with Gasteiger partial charge in [0.15, 0.2) is 0 Å². The van der Waals surface area contributed by atoms with E-state index in [-0.39, 0.29) is 5.78 Å². The van der Waals surface area contributed by atoms with Crippen molar-refractivity contribution >= 4 is 15.0 Å². The van der Waals surface area contributed by atoms with Gasteiger partial charge in [-0.25, -0.2) is 0 Å². The number of carbonyl (C=O) groups excluding carboxylic acids is 1. The number of ether oxygens (including phenoxy) is 1. The number of rotatable bonds is 5. The van der Waals surface area contributed by atoms with Crippen molar-refractivity contribution in [3.63, 3.8) is 0 Å². The lowest BCUT2D eigenvalue weighted by molar-refractivity contribution is -0.116. The molecule has 0 saturated heterocycles. The molecule has 1 rings (SSSR count). The summed E-state index contributed by atoms with van der Waals surface area (Å²) in [5.74, 6) is 0.240. The Labute approximate surface area is 86.9 Å². The Kier molecular flexibility index (Phi) is 4.78. The lowest BCUT2D eigenvalue weighted by atomic mass is 10.1. The van der Waals surface area contributed by atoms with Crippen LogP contribution in [0.15, 0.2) is 24.3 Å². The van der Waals surface area contributed by atoms with Gasteiger partial charge in [-0.05, 0) is 11.1 Å². The summed E-state index contributed by atoms with van der Waals surface area (Å²) in [6.45, 7) is 0.600. The third kappa shape index (κ3) is 3.57. The summed E-state index contributed by atoms with van der Waals surface area (Å²) in [6.07, 6.45) is 1.04. The smallest absolute Gasteiger partial charge is 0.141 e. The van der Waals surface area contributed by atoms with Crippen molar-refractivity contribution in [3.8, 4) is 0 Å². The number of hydrogen-bond donors (Lipinski definition) is 0. The van der Waals surface area contributed by atoms with E-state index in [0.29, 0.717) is 19.2 Å². The molecule has 0 aromatic heterocycles. The maximum atomic E-state index is 11.2. The molecule has 1 aromatic rings. The van der Waals surface area contributed by atoms with Crippen LogP contribution in [0.2, 0.25) is 0 Å². The van der Waals surface area contributed by atoms with Gasteiger partial charge in [0, 0.05) is 19.7 Å². The molecule has 0 fully saturated rings. The summed E-state index contributed by atoms with van der Waals surface area (Å²) < 4.78 is 5.03. The van der Waals surface area contributed by atoms with E-state index in [4.69, 9.17) is 4.74 Å². The predicted molar refractivity (Wildman–Crippen MR) is 60.4 cm³/mol. The predicted octanol–water partition coefficient (Wildman–Crippen LogP) is 1.82. The minimum absolute atomic E-state index is 0.240. The molecule has 0 spiro atoms. The minimum atomic E-state index is 0.240. The second-order valence-corrected chi connectivity index (χ2v) is 3.58. The van der Waals surface area contributed by atoms with Crippen LogP contribution in [-0.2, 0) is 22.6 Å². The molecule has 0 aliphatic carbocycles. The Morgan fingerprint density at radius 3 is 2.79 bits per heavy atom. The van der Waals surface area contributed by atoms with Crippen LogP contribution in [0.5, 0.6) is 0 Å². The van der Waals surface area contributed by atoms with Gasteiger partial charge in [0.2, 0.25) is 0 Å². The fourth-order valence-electron chi connectivity index (χ4n) is 1.30. The van der Waals surface area contributed by atoms with Gasteiger partial charge < -0.3 is 4.74 Å². The molecule has 2 nitrogen and oxygen atoms in total. The number of Topliss-reactive ketones (excluding diaryl/α,β-unsaturated/α-hetero) is 1. The molecule has 0 aliphatic heterocycles. The highest BCUT2D eigenvalue weighted by molar-refractivity contribution is 7.18. The number of benzene rings is 1. The SMILES string of the molecule is COCc1cccc(CC(=O)CP)c1. The molecule has 0 amide bonds. The molecule has 0 bridgehead atoms. The molecule has 0 radical (unpaired) electrons. The van der Waals surface area contributed by atoms with Crippen LogP contribution < -0.4 is 0 Å². The van der Waals surface area contributed by atoms with Crippen LogP contribution >= 0.6 is 9.24 Å². The van der Waals surface area contributed by atoms with E-state index in [0.717, 1.165) is 11.1 Å². The number of carbonyl (C=O) groups is 1. The number of hydrogen-bond acceptors (Lipinski definition) is 2. The fourth-order valence-corrected chi connectivity index (χ4v) is 1.44. The summed E-state index contributed by atoms with van der Waals surface area (Å²) in [7, 11) is 4.12. The molecule has 1 unspecified atom stereocenters. The van der Waals surface area contributed by atoms with Gasteiger partial charge in [-0.2, -0.15) is 0 Å². The van der Waals surface area contributed by atoms with E-state index >= 15 is 0 Å². The molecule has 1 atom stereocenters. The first-order chi connectivity index (χ1) is 6.76. The van der Waals surface area contributed by atoms with Crippen molar-refractivity contribution in [2.75, 3.05) is 13.3 Å². The van der Waals surface area contributed by atoms with E-state index in [1.807, 2.05) is 24.3 Å². The van der Waals surface area contributed by atoms with Gasteiger partial charge in [0.05, 0.1) is 6.61 Å². The zero-order valence-corrected chi connectivity index (χ0v) is 9.48. The summed E-state index contributed by atoms with van der Waals surface area (Å²) in [5.41, 5.74) is 2.17. The molecule has 1 aromatic carbocycles. The quantitative estimate of drug-likeness (QED) is 0.693. The average molecular weight is 210 g/mol. The Morgan fingerprint density at radius 1 is 1.43 bits per heavy atom. The average Bonchev–Trinajstić information content (AvgIpc) is 2.19. The third-order valence-electron chi connectivity index (χ3n) is 1.93. The van der Waals surface area contributed by atoms with Crippen LogP contribution in [0.25, 0.3) is 0 Å².